The highest BCUT2D eigenvalue weighted by molar-refractivity contribution is 5.85. The fourth-order valence-corrected chi connectivity index (χ4v) is 4.63. The standard InChI is InChI=1S/C19H28N2O.2ClH/c1-2-4-18-17(3-1)13-16(5-12-22-18)14-21-11-8-19(15-21)6-9-20-10-7-19;;/h1-4,16,20H,5-15H2;2*1H. The van der Waals surface area contributed by atoms with Gasteiger partial charge in [0.2, 0.25) is 0 Å². The van der Waals surface area contributed by atoms with Crippen molar-refractivity contribution in [2.75, 3.05) is 39.3 Å². The van der Waals surface area contributed by atoms with Crippen LogP contribution < -0.4 is 10.1 Å². The summed E-state index contributed by atoms with van der Waals surface area (Å²) in [7, 11) is 0. The molecule has 3 aliphatic rings. The third-order valence-corrected chi connectivity index (χ3v) is 5.96. The molecule has 0 aliphatic carbocycles. The van der Waals surface area contributed by atoms with Crippen LogP contribution in [0.4, 0.5) is 0 Å². The van der Waals surface area contributed by atoms with E-state index >= 15 is 0 Å². The summed E-state index contributed by atoms with van der Waals surface area (Å²) < 4.78 is 5.93. The summed E-state index contributed by atoms with van der Waals surface area (Å²) in [5, 5.41) is 3.52. The molecular formula is C19H30Cl2N2O. The Balaban J connectivity index is 0.00000104. The molecule has 1 N–H and O–H groups in total. The van der Waals surface area contributed by atoms with Crippen LogP contribution in [-0.2, 0) is 6.42 Å². The van der Waals surface area contributed by atoms with Gasteiger partial charge in [0.1, 0.15) is 5.75 Å². The fraction of sp³-hybridized carbons (Fsp3) is 0.684. The van der Waals surface area contributed by atoms with Crippen molar-refractivity contribution < 1.29 is 4.74 Å². The van der Waals surface area contributed by atoms with Gasteiger partial charge in [-0.05, 0) is 74.7 Å². The number of halogens is 2. The lowest BCUT2D eigenvalue weighted by molar-refractivity contribution is 0.179. The SMILES string of the molecule is Cl.Cl.c1ccc2c(c1)CC(CN1CCC3(CCNCC3)C1)CCO2. The smallest absolute Gasteiger partial charge is 0.122 e. The van der Waals surface area contributed by atoms with Gasteiger partial charge in [-0.3, -0.25) is 0 Å². The summed E-state index contributed by atoms with van der Waals surface area (Å²) in [6.07, 6.45) is 6.54. The van der Waals surface area contributed by atoms with Crippen molar-refractivity contribution in [2.45, 2.75) is 32.1 Å². The van der Waals surface area contributed by atoms with Gasteiger partial charge in [0.25, 0.3) is 0 Å². The fourth-order valence-electron chi connectivity index (χ4n) is 4.63. The highest BCUT2D eigenvalue weighted by Crippen LogP contribution is 2.39. The molecule has 3 nitrogen and oxygen atoms in total. The molecular weight excluding hydrogens is 343 g/mol. The van der Waals surface area contributed by atoms with Crippen LogP contribution in [0.1, 0.15) is 31.2 Å². The molecule has 0 saturated carbocycles. The van der Waals surface area contributed by atoms with Gasteiger partial charge in [-0.15, -0.1) is 24.8 Å². The lowest BCUT2D eigenvalue weighted by atomic mass is 9.78. The zero-order valence-corrected chi connectivity index (χ0v) is 16.0. The van der Waals surface area contributed by atoms with E-state index in [0.717, 1.165) is 18.3 Å². The first kappa shape index (κ1) is 19.8. The molecule has 0 radical (unpaired) electrons. The number of hydrogen-bond donors (Lipinski definition) is 1. The van der Waals surface area contributed by atoms with E-state index in [1.165, 1.54) is 70.4 Å². The number of hydrogen-bond acceptors (Lipinski definition) is 3. The van der Waals surface area contributed by atoms with E-state index in [2.05, 4.69) is 34.5 Å². The second-order valence-corrected chi connectivity index (χ2v) is 7.55. The van der Waals surface area contributed by atoms with Gasteiger partial charge >= 0.3 is 0 Å². The van der Waals surface area contributed by atoms with Gasteiger partial charge in [0.05, 0.1) is 6.61 Å². The largest absolute Gasteiger partial charge is 0.493 e. The maximum atomic E-state index is 5.93. The molecule has 1 aromatic carbocycles. The van der Waals surface area contributed by atoms with Gasteiger partial charge in [-0.2, -0.15) is 0 Å². The Labute approximate surface area is 158 Å². The van der Waals surface area contributed by atoms with Crippen LogP contribution in [-0.4, -0.2) is 44.2 Å². The molecule has 2 saturated heterocycles. The number of fused-ring (bicyclic) bond motifs is 1. The average Bonchev–Trinajstić information content (AvgIpc) is 2.80. The Morgan fingerprint density at radius 2 is 1.92 bits per heavy atom. The van der Waals surface area contributed by atoms with Gasteiger partial charge < -0.3 is 15.0 Å². The van der Waals surface area contributed by atoms with Gasteiger partial charge in [0.15, 0.2) is 0 Å². The number of benzene rings is 1. The van der Waals surface area contributed by atoms with Crippen LogP contribution in [0.25, 0.3) is 0 Å². The molecule has 1 unspecified atom stereocenters. The minimum atomic E-state index is 0. The Kier molecular flexibility index (Phi) is 7.23. The highest BCUT2D eigenvalue weighted by atomic mass is 35.5. The molecule has 5 heteroatoms. The molecule has 136 valence electrons. The molecule has 1 aromatic rings. The third kappa shape index (κ3) is 4.37. The summed E-state index contributed by atoms with van der Waals surface area (Å²) in [6.45, 7) is 7.21. The number of para-hydroxylation sites is 1. The van der Waals surface area contributed by atoms with Gasteiger partial charge in [0, 0.05) is 13.1 Å². The van der Waals surface area contributed by atoms with Crippen molar-refractivity contribution in [1.29, 1.82) is 0 Å². The molecule has 4 rings (SSSR count). The Morgan fingerprint density at radius 1 is 1.12 bits per heavy atom. The van der Waals surface area contributed by atoms with Gasteiger partial charge in [-0.1, -0.05) is 18.2 Å². The molecule has 1 atom stereocenters. The number of nitrogens with zero attached hydrogens (tertiary/aromatic N) is 1. The van der Waals surface area contributed by atoms with Crippen LogP contribution in [0, 0.1) is 11.3 Å². The van der Waals surface area contributed by atoms with E-state index in [1.807, 2.05) is 0 Å². The minimum Gasteiger partial charge on any atom is -0.493 e. The third-order valence-electron chi connectivity index (χ3n) is 5.96. The molecule has 0 amide bonds. The summed E-state index contributed by atoms with van der Waals surface area (Å²) in [5.41, 5.74) is 2.03. The van der Waals surface area contributed by atoms with Crippen molar-refractivity contribution in [3.05, 3.63) is 29.8 Å². The number of nitrogens with one attached hydrogen (secondary N) is 1. The summed E-state index contributed by atoms with van der Waals surface area (Å²) in [6, 6.07) is 8.59. The van der Waals surface area contributed by atoms with E-state index < -0.39 is 0 Å². The first-order chi connectivity index (χ1) is 10.8. The molecule has 0 aromatic heterocycles. The maximum Gasteiger partial charge on any atom is 0.122 e. The molecule has 3 aliphatic heterocycles. The van der Waals surface area contributed by atoms with E-state index in [4.69, 9.17) is 4.74 Å². The average molecular weight is 373 g/mol. The number of likely N-dealkylation sites (tertiary alicyclic amines) is 1. The number of rotatable bonds is 2. The second kappa shape index (κ2) is 8.75. The predicted octanol–water partition coefficient (Wildman–Crippen LogP) is 3.55. The number of ether oxygens (including phenoxy) is 1. The minimum absolute atomic E-state index is 0. The summed E-state index contributed by atoms with van der Waals surface area (Å²) in [5.74, 6) is 1.86. The van der Waals surface area contributed by atoms with Crippen LogP contribution in [0.5, 0.6) is 5.75 Å². The Hall–Kier alpha value is -0.480. The van der Waals surface area contributed by atoms with Crippen LogP contribution in [0.3, 0.4) is 0 Å². The molecule has 0 bridgehead atoms. The van der Waals surface area contributed by atoms with Crippen molar-refractivity contribution in [2.24, 2.45) is 11.3 Å². The first-order valence-corrected chi connectivity index (χ1v) is 8.97. The number of piperidine rings is 1. The molecule has 1 spiro atoms. The zero-order chi connectivity index (χ0) is 14.8. The normalized spacial score (nSPS) is 25.8. The van der Waals surface area contributed by atoms with Crippen LogP contribution in [0.15, 0.2) is 24.3 Å². The summed E-state index contributed by atoms with van der Waals surface area (Å²) in [4.78, 5) is 2.74. The topological polar surface area (TPSA) is 24.5 Å². The van der Waals surface area contributed by atoms with Crippen molar-refractivity contribution in [1.82, 2.24) is 10.2 Å². The highest BCUT2D eigenvalue weighted by Gasteiger charge is 2.39. The van der Waals surface area contributed by atoms with Crippen LogP contribution in [0.2, 0.25) is 0 Å². The lowest BCUT2D eigenvalue weighted by Crippen LogP contribution is -2.39. The van der Waals surface area contributed by atoms with E-state index in [0.29, 0.717) is 5.41 Å². The van der Waals surface area contributed by atoms with Crippen molar-refractivity contribution >= 4 is 24.8 Å². The van der Waals surface area contributed by atoms with E-state index in [9.17, 15) is 0 Å². The van der Waals surface area contributed by atoms with E-state index in [1.54, 1.807) is 0 Å². The van der Waals surface area contributed by atoms with Gasteiger partial charge in [-0.25, -0.2) is 0 Å². The van der Waals surface area contributed by atoms with E-state index in [-0.39, 0.29) is 24.8 Å². The predicted molar refractivity (Wildman–Crippen MR) is 104 cm³/mol. The first-order valence-electron chi connectivity index (χ1n) is 8.97. The van der Waals surface area contributed by atoms with Crippen LogP contribution >= 0.6 is 24.8 Å². The van der Waals surface area contributed by atoms with Crippen molar-refractivity contribution in [3.63, 3.8) is 0 Å². The second-order valence-electron chi connectivity index (χ2n) is 7.55. The maximum absolute atomic E-state index is 5.93. The zero-order valence-electron chi connectivity index (χ0n) is 14.3. The summed E-state index contributed by atoms with van der Waals surface area (Å²) >= 11 is 0. The lowest BCUT2D eigenvalue weighted by Gasteiger charge is -2.34. The molecule has 24 heavy (non-hydrogen) atoms. The Morgan fingerprint density at radius 3 is 2.75 bits per heavy atom. The molecule has 2 fully saturated rings. The quantitative estimate of drug-likeness (QED) is 0.858. The monoisotopic (exact) mass is 372 g/mol. The Bertz CT molecular complexity index is 520. The molecule has 3 heterocycles. The van der Waals surface area contributed by atoms with Crippen molar-refractivity contribution in [3.8, 4) is 5.75 Å².